The summed E-state index contributed by atoms with van der Waals surface area (Å²) in [5.74, 6) is -0.624. The Labute approximate surface area is 82.8 Å². The number of nitrogens with zero attached hydrogens (tertiary/aromatic N) is 1. The number of aromatic nitrogens is 1. The van der Waals surface area contributed by atoms with E-state index in [2.05, 4.69) is 4.98 Å². The van der Waals surface area contributed by atoms with Gasteiger partial charge in [0.15, 0.2) is 0 Å². The predicted octanol–water partition coefficient (Wildman–Crippen LogP) is 1.10. The van der Waals surface area contributed by atoms with Crippen LogP contribution in [0.25, 0.3) is 0 Å². The van der Waals surface area contributed by atoms with Crippen molar-refractivity contribution in [1.82, 2.24) is 4.98 Å². The average Bonchev–Trinajstić information content (AvgIpc) is 2.71. The van der Waals surface area contributed by atoms with E-state index in [-0.39, 0.29) is 5.69 Å². The predicted molar refractivity (Wildman–Crippen MR) is 49.8 cm³/mol. The molecular weight excluding hydrogens is 178 g/mol. The number of pyridine rings is 1. The van der Waals surface area contributed by atoms with Gasteiger partial charge in [-0.3, -0.25) is 4.98 Å². The zero-order valence-electron chi connectivity index (χ0n) is 7.90. The normalized spacial score (nSPS) is 17.1. The summed E-state index contributed by atoms with van der Waals surface area (Å²) in [6.45, 7) is 0. The van der Waals surface area contributed by atoms with Crippen molar-refractivity contribution in [3.63, 3.8) is 0 Å². The van der Waals surface area contributed by atoms with Gasteiger partial charge in [-0.25, -0.2) is 0 Å². The van der Waals surface area contributed by atoms with Gasteiger partial charge in [0.05, 0.1) is 11.7 Å². The molecule has 1 aliphatic rings. The molecule has 1 aromatic rings. The van der Waals surface area contributed by atoms with E-state index in [1.165, 1.54) is 31.7 Å². The Morgan fingerprint density at radius 3 is 2.57 bits per heavy atom. The molecule has 1 saturated carbocycles. The van der Waals surface area contributed by atoms with E-state index < -0.39 is 5.97 Å². The van der Waals surface area contributed by atoms with Crippen LogP contribution in [0.5, 0.6) is 0 Å². The standard InChI is InChI=1S/C11H13NO2/c13-11(14)10-6-5-9(7-12-10)8-3-1-2-4-8/h5-8H,1-4H2,(H,13,14)/p-1. The van der Waals surface area contributed by atoms with Crippen LogP contribution in [-0.2, 0) is 0 Å². The number of rotatable bonds is 2. The van der Waals surface area contributed by atoms with Crippen molar-refractivity contribution in [3.05, 3.63) is 29.6 Å². The molecule has 0 atom stereocenters. The highest BCUT2D eigenvalue weighted by Gasteiger charge is 2.16. The summed E-state index contributed by atoms with van der Waals surface area (Å²) < 4.78 is 0. The zero-order chi connectivity index (χ0) is 9.97. The molecule has 0 N–H and O–H groups in total. The van der Waals surface area contributed by atoms with E-state index in [4.69, 9.17) is 0 Å². The van der Waals surface area contributed by atoms with Crippen molar-refractivity contribution in [2.45, 2.75) is 31.6 Å². The number of hydrogen-bond acceptors (Lipinski definition) is 3. The van der Waals surface area contributed by atoms with Crippen LogP contribution in [0, 0.1) is 0 Å². The van der Waals surface area contributed by atoms with Crippen LogP contribution >= 0.6 is 0 Å². The highest BCUT2D eigenvalue weighted by Crippen LogP contribution is 2.33. The summed E-state index contributed by atoms with van der Waals surface area (Å²) >= 11 is 0. The van der Waals surface area contributed by atoms with E-state index >= 15 is 0 Å². The minimum atomic E-state index is -1.21. The van der Waals surface area contributed by atoms with Crippen molar-refractivity contribution < 1.29 is 9.90 Å². The first-order valence-electron chi connectivity index (χ1n) is 4.94. The number of carboxylic acids is 1. The Morgan fingerprint density at radius 2 is 2.07 bits per heavy atom. The lowest BCUT2D eigenvalue weighted by atomic mass is 9.99. The SMILES string of the molecule is O=C([O-])c1ccc(C2CCCC2)cn1. The molecule has 1 aliphatic carbocycles. The monoisotopic (exact) mass is 190 g/mol. The van der Waals surface area contributed by atoms with Crippen LogP contribution in [0.2, 0.25) is 0 Å². The molecule has 0 aliphatic heterocycles. The molecule has 2 rings (SSSR count). The van der Waals surface area contributed by atoms with Crippen molar-refractivity contribution in [2.24, 2.45) is 0 Å². The number of carbonyl (C=O) groups excluding carboxylic acids is 1. The quantitative estimate of drug-likeness (QED) is 0.701. The maximum atomic E-state index is 10.5. The summed E-state index contributed by atoms with van der Waals surface area (Å²) in [5, 5.41) is 10.5. The van der Waals surface area contributed by atoms with Crippen LogP contribution in [-0.4, -0.2) is 11.0 Å². The number of carboxylic acid groups (broad SMARTS) is 1. The fourth-order valence-corrected chi connectivity index (χ4v) is 2.03. The van der Waals surface area contributed by atoms with Crippen molar-refractivity contribution >= 4 is 5.97 Å². The summed E-state index contributed by atoms with van der Waals surface area (Å²) in [4.78, 5) is 14.3. The van der Waals surface area contributed by atoms with Gasteiger partial charge in [0.1, 0.15) is 0 Å². The summed E-state index contributed by atoms with van der Waals surface area (Å²) in [7, 11) is 0. The molecule has 74 valence electrons. The Bertz CT molecular complexity index is 326. The molecule has 1 aromatic heterocycles. The summed E-state index contributed by atoms with van der Waals surface area (Å²) in [6, 6.07) is 3.39. The molecule has 0 aromatic carbocycles. The van der Waals surface area contributed by atoms with Crippen LogP contribution < -0.4 is 5.11 Å². The average molecular weight is 190 g/mol. The second kappa shape index (κ2) is 3.78. The number of carbonyl (C=O) groups is 1. The molecule has 0 bridgehead atoms. The molecule has 3 nitrogen and oxygen atoms in total. The van der Waals surface area contributed by atoms with Crippen molar-refractivity contribution in [1.29, 1.82) is 0 Å². The first-order chi connectivity index (χ1) is 6.77. The first-order valence-corrected chi connectivity index (χ1v) is 4.94. The molecule has 0 radical (unpaired) electrons. The number of aromatic carboxylic acids is 1. The molecular formula is C11H12NO2-. The molecule has 0 amide bonds. The molecule has 0 unspecified atom stereocenters. The van der Waals surface area contributed by atoms with Gasteiger partial charge in [-0.2, -0.15) is 0 Å². The van der Waals surface area contributed by atoms with Crippen LogP contribution in [0.4, 0.5) is 0 Å². The van der Waals surface area contributed by atoms with Crippen LogP contribution in [0.3, 0.4) is 0 Å². The second-order valence-corrected chi connectivity index (χ2v) is 3.75. The second-order valence-electron chi connectivity index (χ2n) is 3.75. The van der Waals surface area contributed by atoms with Gasteiger partial charge >= 0.3 is 0 Å². The third-order valence-electron chi connectivity index (χ3n) is 2.82. The lowest BCUT2D eigenvalue weighted by Crippen LogP contribution is -2.23. The summed E-state index contributed by atoms with van der Waals surface area (Å²) in [5.41, 5.74) is 1.18. The van der Waals surface area contributed by atoms with Gasteiger partial charge in [-0.05, 0) is 30.4 Å². The van der Waals surface area contributed by atoms with Gasteiger partial charge in [-0.1, -0.05) is 18.9 Å². The molecule has 1 heterocycles. The van der Waals surface area contributed by atoms with Crippen molar-refractivity contribution in [3.8, 4) is 0 Å². The van der Waals surface area contributed by atoms with Gasteiger partial charge in [0.25, 0.3) is 0 Å². The highest BCUT2D eigenvalue weighted by atomic mass is 16.4. The fourth-order valence-electron chi connectivity index (χ4n) is 2.03. The van der Waals surface area contributed by atoms with Gasteiger partial charge in [0.2, 0.25) is 0 Å². The van der Waals surface area contributed by atoms with E-state index in [0.29, 0.717) is 5.92 Å². The third-order valence-corrected chi connectivity index (χ3v) is 2.82. The minimum Gasteiger partial charge on any atom is -0.543 e. The van der Waals surface area contributed by atoms with Gasteiger partial charge < -0.3 is 9.90 Å². The molecule has 14 heavy (non-hydrogen) atoms. The Kier molecular flexibility index (Phi) is 2.48. The van der Waals surface area contributed by atoms with E-state index in [1.807, 2.05) is 6.07 Å². The third kappa shape index (κ3) is 1.76. The lowest BCUT2D eigenvalue weighted by Gasteiger charge is -2.09. The van der Waals surface area contributed by atoms with E-state index in [0.717, 1.165) is 5.56 Å². The van der Waals surface area contributed by atoms with E-state index in [1.54, 1.807) is 6.20 Å². The Morgan fingerprint density at radius 1 is 1.36 bits per heavy atom. The Hall–Kier alpha value is -1.38. The Balaban J connectivity index is 2.16. The van der Waals surface area contributed by atoms with Gasteiger partial charge in [0, 0.05) is 6.20 Å². The zero-order valence-corrected chi connectivity index (χ0v) is 7.90. The molecule has 1 fully saturated rings. The molecule has 0 spiro atoms. The minimum absolute atomic E-state index is 0.0201. The fraction of sp³-hybridized carbons (Fsp3) is 0.455. The van der Waals surface area contributed by atoms with Crippen LogP contribution in [0.1, 0.15) is 47.7 Å². The number of hydrogen-bond donors (Lipinski definition) is 0. The first kappa shape index (κ1) is 9.19. The van der Waals surface area contributed by atoms with Crippen molar-refractivity contribution in [2.75, 3.05) is 0 Å². The van der Waals surface area contributed by atoms with E-state index in [9.17, 15) is 9.90 Å². The highest BCUT2D eigenvalue weighted by molar-refractivity contribution is 5.83. The largest absolute Gasteiger partial charge is 0.543 e. The topological polar surface area (TPSA) is 53.0 Å². The maximum Gasteiger partial charge on any atom is 0.0899 e. The molecule has 3 heteroatoms. The van der Waals surface area contributed by atoms with Crippen LogP contribution in [0.15, 0.2) is 18.3 Å². The summed E-state index contributed by atoms with van der Waals surface area (Å²) in [6.07, 6.45) is 6.61. The molecule has 0 saturated heterocycles. The van der Waals surface area contributed by atoms with Gasteiger partial charge in [-0.15, -0.1) is 0 Å². The smallest absolute Gasteiger partial charge is 0.0899 e. The lowest BCUT2D eigenvalue weighted by molar-refractivity contribution is -0.255. The maximum absolute atomic E-state index is 10.5.